The highest BCUT2D eigenvalue weighted by Crippen LogP contribution is 2.22. The molecule has 2 aromatic carbocycles. The van der Waals surface area contributed by atoms with E-state index >= 15 is 0 Å². The summed E-state index contributed by atoms with van der Waals surface area (Å²) >= 11 is 1.32. The van der Waals surface area contributed by atoms with Crippen LogP contribution < -0.4 is 14.9 Å². The molecule has 7 nitrogen and oxygen atoms in total. The minimum atomic E-state index is -0.472. The minimum Gasteiger partial charge on any atom is -0.497 e. The van der Waals surface area contributed by atoms with Gasteiger partial charge in [0.1, 0.15) is 24.4 Å². The standard InChI is InChI=1S/C25H27BN2O5S/c1-4-33-25(30)19-16-34-22(27-19)15-28(12-8-11-17-9-6-5-7-10-17)24(29)18-13-20(31-2)23(26)21(14-18)32-3/h5-7,9-10,13-14,16H,4,8,11-12,15H2,1-3H3. The highest BCUT2D eigenvalue weighted by Gasteiger charge is 2.21. The van der Waals surface area contributed by atoms with Crippen molar-refractivity contribution in [2.75, 3.05) is 27.4 Å². The van der Waals surface area contributed by atoms with Gasteiger partial charge in [-0.1, -0.05) is 30.3 Å². The Kier molecular flexibility index (Phi) is 9.10. The lowest BCUT2D eigenvalue weighted by molar-refractivity contribution is 0.0520. The fourth-order valence-electron chi connectivity index (χ4n) is 3.46. The van der Waals surface area contributed by atoms with E-state index in [-0.39, 0.29) is 24.8 Å². The summed E-state index contributed by atoms with van der Waals surface area (Å²) in [6.07, 6.45) is 1.58. The Balaban J connectivity index is 1.83. The van der Waals surface area contributed by atoms with E-state index < -0.39 is 5.97 Å². The highest BCUT2D eigenvalue weighted by molar-refractivity contribution is 7.09. The summed E-state index contributed by atoms with van der Waals surface area (Å²) < 4.78 is 15.7. The second-order valence-corrected chi connectivity index (χ2v) is 8.40. The number of hydrogen-bond donors (Lipinski definition) is 0. The van der Waals surface area contributed by atoms with Gasteiger partial charge < -0.3 is 19.1 Å². The van der Waals surface area contributed by atoms with E-state index in [1.807, 2.05) is 18.2 Å². The average molecular weight is 478 g/mol. The molecule has 0 spiro atoms. The smallest absolute Gasteiger partial charge is 0.357 e. The summed E-state index contributed by atoms with van der Waals surface area (Å²) in [5, 5.41) is 2.29. The first-order valence-corrected chi connectivity index (χ1v) is 11.8. The van der Waals surface area contributed by atoms with Crippen LogP contribution in [0.25, 0.3) is 0 Å². The number of benzene rings is 2. The molecule has 0 bridgehead atoms. The number of hydrogen-bond acceptors (Lipinski definition) is 7. The molecule has 0 saturated carbocycles. The summed E-state index contributed by atoms with van der Waals surface area (Å²) in [5.74, 6) is 0.0501. The fraction of sp³-hybridized carbons (Fsp3) is 0.320. The third kappa shape index (κ3) is 6.38. The molecule has 34 heavy (non-hydrogen) atoms. The normalized spacial score (nSPS) is 10.6. The van der Waals surface area contributed by atoms with E-state index in [0.717, 1.165) is 12.8 Å². The van der Waals surface area contributed by atoms with Crippen molar-refractivity contribution in [2.24, 2.45) is 0 Å². The molecule has 9 heteroatoms. The first-order chi connectivity index (χ1) is 16.5. The van der Waals surface area contributed by atoms with Gasteiger partial charge in [-0.3, -0.25) is 4.79 Å². The van der Waals surface area contributed by atoms with Gasteiger partial charge in [0.15, 0.2) is 5.69 Å². The zero-order valence-electron chi connectivity index (χ0n) is 19.6. The number of thiazole rings is 1. The molecule has 0 atom stereocenters. The number of nitrogens with zero attached hydrogens (tertiary/aromatic N) is 2. The van der Waals surface area contributed by atoms with Crippen LogP contribution in [0.3, 0.4) is 0 Å². The van der Waals surface area contributed by atoms with E-state index in [2.05, 4.69) is 17.1 Å². The molecule has 3 rings (SSSR count). The number of rotatable bonds is 11. The molecule has 0 aliphatic rings. The van der Waals surface area contributed by atoms with Crippen LogP contribution in [0.15, 0.2) is 47.8 Å². The lowest BCUT2D eigenvalue weighted by Crippen LogP contribution is -2.32. The molecule has 1 aromatic heterocycles. The number of aromatic nitrogens is 1. The molecule has 0 fully saturated rings. The summed E-state index contributed by atoms with van der Waals surface area (Å²) in [7, 11) is 9.03. The van der Waals surface area contributed by atoms with Crippen molar-refractivity contribution in [2.45, 2.75) is 26.3 Å². The summed E-state index contributed by atoms with van der Waals surface area (Å²) in [4.78, 5) is 31.6. The molecule has 1 amide bonds. The van der Waals surface area contributed by atoms with Crippen LogP contribution in [0, 0.1) is 0 Å². The van der Waals surface area contributed by atoms with Crippen molar-refractivity contribution in [3.05, 3.63) is 69.7 Å². The van der Waals surface area contributed by atoms with Crippen LogP contribution in [-0.2, 0) is 17.7 Å². The Morgan fingerprint density at radius 2 is 1.76 bits per heavy atom. The maximum absolute atomic E-state index is 13.5. The Bertz CT molecular complexity index is 1090. The van der Waals surface area contributed by atoms with Gasteiger partial charge >= 0.3 is 5.97 Å². The quantitative estimate of drug-likeness (QED) is 0.311. The van der Waals surface area contributed by atoms with Gasteiger partial charge in [-0.15, -0.1) is 11.3 Å². The van der Waals surface area contributed by atoms with Gasteiger partial charge in [0.2, 0.25) is 0 Å². The third-order valence-electron chi connectivity index (χ3n) is 5.18. The van der Waals surface area contributed by atoms with Crippen LogP contribution >= 0.6 is 11.3 Å². The molecule has 0 aliphatic carbocycles. The zero-order chi connectivity index (χ0) is 24.5. The number of aryl methyl sites for hydroxylation is 1. The first-order valence-electron chi connectivity index (χ1n) is 10.9. The molecule has 0 unspecified atom stereocenters. The van der Waals surface area contributed by atoms with Gasteiger partial charge in [0.05, 0.1) is 27.4 Å². The molecule has 0 saturated heterocycles. The lowest BCUT2D eigenvalue weighted by Gasteiger charge is -2.23. The molecule has 2 radical (unpaired) electrons. The first kappa shape index (κ1) is 25.3. The summed E-state index contributed by atoms with van der Waals surface area (Å²) in [5.41, 5.74) is 2.17. The van der Waals surface area contributed by atoms with Crippen molar-refractivity contribution in [1.82, 2.24) is 9.88 Å². The second-order valence-electron chi connectivity index (χ2n) is 7.46. The van der Waals surface area contributed by atoms with E-state index in [1.165, 1.54) is 31.1 Å². The van der Waals surface area contributed by atoms with E-state index in [9.17, 15) is 9.59 Å². The number of carbonyl (C=O) groups excluding carboxylic acids is 2. The number of amides is 1. The van der Waals surface area contributed by atoms with E-state index in [4.69, 9.17) is 22.1 Å². The maximum atomic E-state index is 13.5. The fourth-order valence-corrected chi connectivity index (χ4v) is 4.24. The average Bonchev–Trinajstić information content (AvgIpc) is 3.33. The summed E-state index contributed by atoms with van der Waals surface area (Å²) in [6.45, 7) is 2.77. The Morgan fingerprint density at radius 1 is 1.09 bits per heavy atom. The van der Waals surface area contributed by atoms with Gasteiger partial charge in [-0.25, -0.2) is 9.78 Å². The maximum Gasteiger partial charge on any atom is 0.357 e. The van der Waals surface area contributed by atoms with Crippen LogP contribution in [0.1, 0.15) is 44.8 Å². The van der Waals surface area contributed by atoms with Crippen molar-refractivity contribution in [1.29, 1.82) is 0 Å². The minimum absolute atomic E-state index is 0.211. The predicted molar refractivity (Wildman–Crippen MR) is 133 cm³/mol. The zero-order valence-corrected chi connectivity index (χ0v) is 20.4. The number of methoxy groups -OCH3 is 2. The van der Waals surface area contributed by atoms with Crippen LogP contribution in [0.5, 0.6) is 11.5 Å². The molecule has 3 aromatic rings. The molecule has 1 heterocycles. The monoisotopic (exact) mass is 478 g/mol. The van der Waals surface area contributed by atoms with Crippen molar-refractivity contribution < 1.29 is 23.8 Å². The SMILES string of the molecule is [B]c1c(OC)cc(C(=O)N(CCCc2ccccc2)Cc2nc(C(=O)OCC)cs2)cc1OC. The highest BCUT2D eigenvalue weighted by atomic mass is 32.1. The van der Waals surface area contributed by atoms with Crippen LogP contribution in [0.4, 0.5) is 0 Å². The Labute approximate surface area is 205 Å². The van der Waals surface area contributed by atoms with E-state index in [1.54, 1.807) is 29.3 Å². The Morgan fingerprint density at radius 3 is 2.38 bits per heavy atom. The van der Waals surface area contributed by atoms with Crippen LogP contribution in [-0.4, -0.2) is 57.0 Å². The van der Waals surface area contributed by atoms with Crippen molar-refractivity contribution >= 4 is 36.5 Å². The van der Waals surface area contributed by atoms with Gasteiger partial charge in [0.25, 0.3) is 5.91 Å². The van der Waals surface area contributed by atoms with E-state index in [0.29, 0.717) is 34.1 Å². The molecular weight excluding hydrogens is 451 g/mol. The van der Waals surface area contributed by atoms with Gasteiger partial charge in [-0.05, 0) is 42.9 Å². The lowest BCUT2D eigenvalue weighted by atomic mass is 9.92. The number of ether oxygens (including phenoxy) is 3. The third-order valence-corrected chi connectivity index (χ3v) is 6.01. The molecule has 0 N–H and O–H groups in total. The number of esters is 1. The van der Waals surface area contributed by atoms with Gasteiger partial charge in [0, 0.05) is 17.5 Å². The Hall–Kier alpha value is -3.33. The van der Waals surface area contributed by atoms with Gasteiger partial charge in [-0.2, -0.15) is 0 Å². The predicted octanol–water partition coefficient (Wildman–Crippen LogP) is 3.41. The summed E-state index contributed by atoms with van der Waals surface area (Å²) in [6, 6.07) is 13.3. The molecular formula is C25H27BN2O5S. The topological polar surface area (TPSA) is 78.0 Å². The van der Waals surface area contributed by atoms with Crippen molar-refractivity contribution in [3.63, 3.8) is 0 Å². The van der Waals surface area contributed by atoms with Crippen molar-refractivity contribution in [3.8, 4) is 11.5 Å². The largest absolute Gasteiger partial charge is 0.497 e. The molecule has 176 valence electrons. The number of carbonyl (C=O) groups is 2. The second kappa shape index (κ2) is 12.2. The van der Waals surface area contributed by atoms with Crippen LogP contribution in [0.2, 0.25) is 0 Å². The molecule has 0 aliphatic heterocycles.